The average molecular weight is 469 g/mol. The highest BCUT2D eigenvalue weighted by atomic mass is 32.2. The van der Waals surface area contributed by atoms with Crippen molar-refractivity contribution in [3.8, 4) is 0 Å². The summed E-state index contributed by atoms with van der Waals surface area (Å²) < 4.78 is 5.77. The highest BCUT2D eigenvalue weighted by molar-refractivity contribution is 8.01. The minimum Gasteiger partial charge on any atom is -0.508 e. The number of aliphatic hydroxyl groups excluding tert-OH is 2. The SMILES string of the molecule is C=C(O)c1ccc(C(=O)C(CSC(C)(C)CCO)CSC(C)(C)COC(C)(C)C)cc1. The van der Waals surface area contributed by atoms with Crippen LogP contribution in [0.3, 0.4) is 0 Å². The van der Waals surface area contributed by atoms with E-state index in [1.807, 2.05) is 20.8 Å². The van der Waals surface area contributed by atoms with E-state index in [1.54, 1.807) is 47.8 Å². The Morgan fingerprint density at radius 3 is 1.90 bits per heavy atom. The van der Waals surface area contributed by atoms with Crippen molar-refractivity contribution in [2.75, 3.05) is 24.7 Å². The van der Waals surface area contributed by atoms with E-state index < -0.39 is 0 Å². The Labute approximate surface area is 197 Å². The number of ether oxygens (including phenoxy) is 1. The van der Waals surface area contributed by atoms with Crippen LogP contribution in [-0.2, 0) is 4.74 Å². The van der Waals surface area contributed by atoms with Gasteiger partial charge in [0.25, 0.3) is 0 Å². The molecule has 0 aliphatic heterocycles. The first-order chi connectivity index (χ1) is 14.2. The van der Waals surface area contributed by atoms with Crippen LogP contribution in [0, 0.1) is 5.92 Å². The molecule has 1 unspecified atom stereocenters. The Morgan fingerprint density at radius 1 is 0.968 bits per heavy atom. The molecule has 0 saturated carbocycles. The van der Waals surface area contributed by atoms with Crippen LogP contribution in [0.4, 0.5) is 0 Å². The lowest BCUT2D eigenvalue weighted by atomic mass is 9.99. The number of ketones is 1. The van der Waals surface area contributed by atoms with Crippen LogP contribution >= 0.6 is 23.5 Å². The molecule has 0 spiro atoms. The molecule has 0 radical (unpaired) electrons. The predicted molar refractivity (Wildman–Crippen MR) is 136 cm³/mol. The molecule has 2 N–H and O–H groups in total. The molecule has 0 aliphatic carbocycles. The Kier molecular flexibility index (Phi) is 10.7. The van der Waals surface area contributed by atoms with Gasteiger partial charge in [-0.3, -0.25) is 4.79 Å². The maximum atomic E-state index is 13.3. The third kappa shape index (κ3) is 11.0. The van der Waals surface area contributed by atoms with E-state index in [9.17, 15) is 15.0 Å². The summed E-state index contributed by atoms with van der Waals surface area (Å²) in [5.74, 6) is 1.31. The molecule has 0 aliphatic rings. The first-order valence-electron chi connectivity index (χ1n) is 10.7. The number of carbonyl (C=O) groups is 1. The number of benzene rings is 1. The average Bonchev–Trinajstić information content (AvgIpc) is 2.65. The Morgan fingerprint density at radius 2 is 1.45 bits per heavy atom. The fourth-order valence-corrected chi connectivity index (χ4v) is 5.06. The molecule has 0 amide bonds. The Hall–Kier alpha value is -0.950. The fraction of sp³-hybridized carbons (Fsp3) is 0.640. The van der Waals surface area contributed by atoms with Crippen molar-refractivity contribution in [3.05, 3.63) is 42.0 Å². The molecule has 0 heterocycles. The molecule has 1 atom stereocenters. The summed E-state index contributed by atoms with van der Waals surface area (Å²) in [7, 11) is 0. The summed E-state index contributed by atoms with van der Waals surface area (Å²) in [6.07, 6.45) is 0.684. The van der Waals surface area contributed by atoms with Crippen molar-refractivity contribution >= 4 is 35.1 Å². The van der Waals surface area contributed by atoms with Gasteiger partial charge in [0, 0.05) is 44.7 Å². The number of carbonyl (C=O) groups excluding carboxylic acids is 1. The van der Waals surface area contributed by atoms with E-state index in [4.69, 9.17) is 4.74 Å². The first-order valence-corrected chi connectivity index (χ1v) is 12.7. The zero-order chi connectivity index (χ0) is 23.9. The zero-order valence-electron chi connectivity index (χ0n) is 20.2. The van der Waals surface area contributed by atoms with E-state index in [0.29, 0.717) is 35.7 Å². The van der Waals surface area contributed by atoms with Crippen LogP contribution in [0.5, 0.6) is 0 Å². The first kappa shape index (κ1) is 28.1. The molecule has 1 aromatic carbocycles. The fourth-order valence-electron chi connectivity index (χ4n) is 2.69. The highest BCUT2D eigenvalue weighted by Gasteiger charge is 2.29. The molecule has 176 valence electrons. The van der Waals surface area contributed by atoms with Crippen LogP contribution < -0.4 is 0 Å². The molecule has 0 bridgehead atoms. The van der Waals surface area contributed by atoms with Gasteiger partial charge in [0.15, 0.2) is 5.78 Å². The summed E-state index contributed by atoms with van der Waals surface area (Å²) >= 11 is 3.49. The topological polar surface area (TPSA) is 66.8 Å². The van der Waals surface area contributed by atoms with Gasteiger partial charge in [0.05, 0.1) is 12.2 Å². The lowest BCUT2D eigenvalue weighted by Gasteiger charge is -2.31. The zero-order valence-corrected chi connectivity index (χ0v) is 21.8. The number of Topliss-reactive ketones (excluding diaryl/α,β-unsaturated/α-hetero) is 1. The molecule has 0 saturated heterocycles. The molecule has 4 nitrogen and oxygen atoms in total. The number of rotatable bonds is 13. The molecule has 0 fully saturated rings. The normalized spacial score (nSPS) is 13.8. The minimum atomic E-state index is -0.199. The van der Waals surface area contributed by atoms with Gasteiger partial charge in [-0.25, -0.2) is 0 Å². The van der Waals surface area contributed by atoms with Crippen LogP contribution in [0.1, 0.15) is 70.8 Å². The largest absolute Gasteiger partial charge is 0.508 e. The maximum absolute atomic E-state index is 13.3. The smallest absolute Gasteiger partial charge is 0.167 e. The lowest BCUT2D eigenvalue weighted by Crippen LogP contribution is -2.32. The third-order valence-corrected chi connectivity index (χ3v) is 7.81. The third-order valence-electron chi connectivity index (χ3n) is 4.79. The van der Waals surface area contributed by atoms with Crippen molar-refractivity contribution < 1.29 is 19.7 Å². The van der Waals surface area contributed by atoms with Crippen molar-refractivity contribution in [1.82, 2.24) is 0 Å². The molecule has 6 heteroatoms. The van der Waals surface area contributed by atoms with Gasteiger partial charge in [-0.2, -0.15) is 23.5 Å². The van der Waals surface area contributed by atoms with E-state index in [1.165, 1.54) is 0 Å². The molecule has 1 rings (SSSR count). The predicted octanol–water partition coefficient (Wildman–Crippen LogP) is 6.24. The standard InChI is InChI=1S/C25H40O4S2/c1-18(27)19-9-11-20(12-10-19)22(28)21(15-30-24(5,6)13-14-26)16-31-25(7,8)17-29-23(2,3)4/h9-12,21,26-27H,1,13-17H2,2-8H3. The van der Waals surface area contributed by atoms with Crippen LogP contribution in [0.15, 0.2) is 30.8 Å². The maximum Gasteiger partial charge on any atom is 0.167 e. The lowest BCUT2D eigenvalue weighted by molar-refractivity contribution is -0.0110. The quantitative estimate of drug-likeness (QED) is 0.264. The number of thioether (sulfide) groups is 2. The molecule has 1 aromatic rings. The van der Waals surface area contributed by atoms with Gasteiger partial charge in [0.2, 0.25) is 0 Å². The summed E-state index contributed by atoms with van der Waals surface area (Å²) in [4.78, 5) is 13.3. The molecule has 0 aromatic heterocycles. The van der Waals surface area contributed by atoms with E-state index >= 15 is 0 Å². The van der Waals surface area contributed by atoms with Crippen molar-refractivity contribution in [1.29, 1.82) is 0 Å². The number of hydrogen-bond acceptors (Lipinski definition) is 6. The summed E-state index contributed by atoms with van der Waals surface area (Å²) in [5.41, 5.74) is 1.05. The van der Waals surface area contributed by atoms with E-state index in [-0.39, 0.29) is 39.2 Å². The second-order valence-electron chi connectivity index (χ2n) is 10.1. The van der Waals surface area contributed by atoms with Crippen LogP contribution in [0.25, 0.3) is 5.76 Å². The second-order valence-corrected chi connectivity index (χ2v) is 13.6. The van der Waals surface area contributed by atoms with Crippen molar-refractivity contribution in [2.24, 2.45) is 5.92 Å². The van der Waals surface area contributed by atoms with Gasteiger partial charge < -0.3 is 14.9 Å². The van der Waals surface area contributed by atoms with E-state index in [0.717, 1.165) is 0 Å². The summed E-state index contributed by atoms with van der Waals surface area (Å²) in [5, 5.41) is 18.9. The van der Waals surface area contributed by atoms with Crippen molar-refractivity contribution in [2.45, 2.75) is 70.0 Å². The Balaban J connectivity index is 2.94. The van der Waals surface area contributed by atoms with Gasteiger partial charge >= 0.3 is 0 Å². The van der Waals surface area contributed by atoms with Crippen molar-refractivity contribution in [3.63, 3.8) is 0 Å². The minimum absolute atomic E-state index is 0.00647. The van der Waals surface area contributed by atoms with Gasteiger partial charge in [0.1, 0.15) is 5.76 Å². The Bertz CT molecular complexity index is 718. The highest BCUT2D eigenvalue weighted by Crippen LogP contribution is 2.34. The van der Waals surface area contributed by atoms with Crippen LogP contribution in [-0.4, -0.2) is 55.8 Å². The van der Waals surface area contributed by atoms with E-state index in [2.05, 4.69) is 34.3 Å². The number of aliphatic hydroxyl groups is 2. The summed E-state index contributed by atoms with van der Waals surface area (Å²) in [6, 6.07) is 6.97. The molecular weight excluding hydrogens is 428 g/mol. The second kappa shape index (κ2) is 11.8. The van der Waals surface area contributed by atoms with Gasteiger partial charge in [-0.15, -0.1) is 0 Å². The monoisotopic (exact) mass is 468 g/mol. The molecular formula is C25H40O4S2. The molecule has 31 heavy (non-hydrogen) atoms. The summed E-state index contributed by atoms with van der Waals surface area (Å²) in [6.45, 7) is 18.9. The number of hydrogen-bond donors (Lipinski definition) is 2. The van der Waals surface area contributed by atoms with Crippen LogP contribution in [0.2, 0.25) is 0 Å². The van der Waals surface area contributed by atoms with Gasteiger partial charge in [-0.1, -0.05) is 44.7 Å². The van der Waals surface area contributed by atoms with Gasteiger partial charge in [-0.05, 0) is 41.0 Å².